The summed E-state index contributed by atoms with van der Waals surface area (Å²) >= 11 is 2.78. The van der Waals surface area contributed by atoms with Crippen molar-refractivity contribution in [3.63, 3.8) is 0 Å². The van der Waals surface area contributed by atoms with Crippen molar-refractivity contribution >= 4 is 49.8 Å². The zero-order valence-electron chi connectivity index (χ0n) is 20.5. The normalized spacial score (nSPS) is 11.4. The quantitative estimate of drug-likeness (QED) is 0.190. The minimum Gasteiger partial charge on any atom is -0.457 e. The predicted octanol–water partition coefficient (Wildman–Crippen LogP) is 5.97. The highest BCUT2D eigenvalue weighted by Gasteiger charge is 2.28. The number of thioether (sulfide) groups is 1. The SMILES string of the molecule is Cc1ccc(S(=O)(=O)N(CC(=O)Nc2nnc(SC(C)C)s2)c2ccc(Oc3ccccc3)cc2)cc1. The number of ether oxygens (including phenoxy) is 1. The zero-order valence-corrected chi connectivity index (χ0v) is 22.9. The first-order valence-electron chi connectivity index (χ1n) is 11.4. The second kappa shape index (κ2) is 11.8. The van der Waals surface area contributed by atoms with Crippen LogP contribution in [0.5, 0.6) is 11.5 Å². The van der Waals surface area contributed by atoms with Gasteiger partial charge >= 0.3 is 0 Å². The summed E-state index contributed by atoms with van der Waals surface area (Å²) in [6.07, 6.45) is 0. The van der Waals surface area contributed by atoms with E-state index in [2.05, 4.69) is 15.5 Å². The summed E-state index contributed by atoms with van der Waals surface area (Å²) in [5.41, 5.74) is 1.25. The van der Waals surface area contributed by atoms with E-state index in [4.69, 9.17) is 4.74 Å². The van der Waals surface area contributed by atoms with Crippen LogP contribution in [-0.4, -0.2) is 36.3 Å². The fourth-order valence-electron chi connectivity index (χ4n) is 3.26. The molecule has 4 rings (SSSR count). The van der Waals surface area contributed by atoms with Gasteiger partial charge in [-0.05, 0) is 55.5 Å². The van der Waals surface area contributed by atoms with Crippen LogP contribution in [0.3, 0.4) is 0 Å². The third-order valence-electron chi connectivity index (χ3n) is 4.99. The lowest BCUT2D eigenvalue weighted by molar-refractivity contribution is -0.114. The van der Waals surface area contributed by atoms with Crippen molar-refractivity contribution < 1.29 is 17.9 Å². The van der Waals surface area contributed by atoms with Gasteiger partial charge in [-0.15, -0.1) is 10.2 Å². The third-order valence-corrected chi connectivity index (χ3v) is 8.70. The summed E-state index contributed by atoms with van der Waals surface area (Å²) in [4.78, 5) is 13.0. The molecule has 192 valence electrons. The number of benzene rings is 3. The standard InChI is InChI=1S/C26H26N4O4S3/c1-18(2)35-26-29-28-25(36-26)27-24(31)17-30(37(32,33)23-15-9-19(3)10-16-23)20-11-13-22(14-12-20)34-21-7-5-4-6-8-21/h4-16,18H,17H2,1-3H3,(H,27,28,31). The maximum Gasteiger partial charge on any atom is 0.264 e. The van der Waals surface area contributed by atoms with Crippen LogP contribution in [0.15, 0.2) is 88.1 Å². The van der Waals surface area contributed by atoms with E-state index in [0.29, 0.717) is 27.6 Å². The van der Waals surface area contributed by atoms with Crippen LogP contribution in [0.4, 0.5) is 10.8 Å². The lowest BCUT2D eigenvalue weighted by Crippen LogP contribution is -2.38. The Balaban J connectivity index is 1.58. The first kappa shape index (κ1) is 26.6. The zero-order chi connectivity index (χ0) is 26.4. The number of carbonyl (C=O) groups excluding carboxylic acids is 1. The molecular formula is C26H26N4O4S3. The van der Waals surface area contributed by atoms with E-state index in [1.807, 2.05) is 51.1 Å². The van der Waals surface area contributed by atoms with E-state index >= 15 is 0 Å². The van der Waals surface area contributed by atoms with Gasteiger partial charge in [-0.1, -0.05) is 72.8 Å². The first-order chi connectivity index (χ1) is 17.7. The Morgan fingerprint density at radius 3 is 2.27 bits per heavy atom. The number of nitrogens with one attached hydrogen (secondary N) is 1. The highest BCUT2D eigenvalue weighted by Crippen LogP contribution is 2.30. The average Bonchev–Trinajstić information content (AvgIpc) is 3.29. The number of aryl methyl sites for hydroxylation is 1. The highest BCUT2D eigenvalue weighted by atomic mass is 32.2. The van der Waals surface area contributed by atoms with E-state index in [1.54, 1.807) is 36.4 Å². The van der Waals surface area contributed by atoms with E-state index in [9.17, 15) is 13.2 Å². The maximum atomic E-state index is 13.6. The molecule has 0 atom stereocenters. The summed E-state index contributed by atoms with van der Waals surface area (Å²) in [6, 6.07) is 22.3. The fraction of sp³-hybridized carbons (Fsp3) is 0.192. The van der Waals surface area contributed by atoms with Crippen LogP contribution in [0.2, 0.25) is 0 Å². The van der Waals surface area contributed by atoms with Gasteiger partial charge in [0.1, 0.15) is 18.0 Å². The molecule has 37 heavy (non-hydrogen) atoms. The molecule has 11 heteroatoms. The Morgan fingerprint density at radius 2 is 1.62 bits per heavy atom. The van der Waals surface area contributed by atoms with Gasteiger partial charge in [0.25, 0.3) is 10.0 Å². The van der Waals surface area contributed by atoms with Gasteiger partial charge in [-0.2, -0.15) is 0 Å². The molecule has 0 fully saturated rings. The topological polar surface area (TPSA) is 101 Å². The molecule has 0 bridgehead atoms. The number of para-hydroxylation sites is 1. The van der Waals surface area contributed by atoms with E-state index in [0.717, 1.165) is 14.2 Å². The molecule has 8 nitrogen and oxygen atoms in total. The van der Waals surface area contributed by atoms with E-state index in [1.165, 1.54) is 35.2 Å². The van der Waals surface area contributed by atoms with Crippen LogP contribution in [0.1, 0.15) is 19.4 Å². The van der Waals surface area contributed by atoms with Gasteiger partial charge < -0.3 is 4.74 Å². The third kappa shape index (κ3) is 7.09. The Kier molecular flexibility index (Phi) is 8.47. The van der Waals surface area contributed by atoms with Crippen molar-refractivity contribution in [2.45, 2.75) is 35.3 Å². The van der Waals surface area contributed by atoms with Crippen LogP contribution in [-0.2, 0) is 14.8 Å². The number of nitrogens with zero attached hydrogens (tertiary/aromatic N) is 3. The summed E-state index contributed by atoms with van der Waals surface area (Å²) in [5, 5.41) is 11.4. The number of aromatic nitrogens is 2. The molecule has 1 aromatic heterocycles. The van der Waals surface area contributed by atoms with Gasteiger partial charge in [-0.25, -0.2) is 8.42 Å². The van der Waals surface area contributed by atoms with Gasteiger partial charge in [-0.3, -0.25) is 14.4 Å². The van der Waals surface area contributed by atoms with Crippen molar-refractivity contribution in [3.05, 3.63) is 84.4 Å². The number of hydrogen-bond donors (Lipinski definition) is 1. The van der Waals surface area contributed by atoms with Gasteiger partial charge in [0.05, 0.1) is 10.6 Å². The van der Waals surface area contributed by atoms with Crippen molar-refractivity contribution in [3.8, 4) is 11.5 Å². The molecule has 0 saturated heterocycles. The molecule has 0 radical (unpaired) electrons. The van der Waals surface area contributed by atoms with Crippen LogP contribution in [0, 0.1) is 6.92 Å². The highest BCUT2D eigenvalue weighted by molar-refractivity contribution is 8.01. The smallest absolute Gasteiger partial charge is 0.264 e. The molecule has 0 aliphatic rings. The molecule has 1 heterocycles. The minimum atomic E-state index is -4.05. The number of rotatable bonds is 10. The number of anilines is 2. The van der Waals surface area contributed by atoms with Crippen LogP contribution in [0.25, 0.3) is 0 Å². The van der Waals surface area contributed by atoms with Crippen molar-refractivity contribution in [1.82, 2.24) is 10.2 Å². The number of carbonyl (C=O) groups is 1. The molecular weight excluding hydrogens is 529 g/mol. The average molecular weight is 555 g/mol. The molecule has 0 spiro atoms. The predicted molar refractivity (Wildman–Crippen MR) is 148 cm³/mol. The maximum absolute atomic E-state index is 13.6. The summed E-state index contributed by atoms with van der Waals surface area (Å²) in [7, 11) is -4.05. The second-order valence-corrected chi connectivity index (χ2v) is 13.0. The minimum absolute atomic E-state index is 0.0852. The molecule has 1 amide bonds. The first-order valence-corrected chi connectivity index (χ1v) is 14.6. The van der Waals surface area contributed by atoms with Crippen LogP contribution >= 0.6 is 23.1 Å². The molecule has 0 aliphatic heterocycles. The van der Waals surface area contributed by atoms with Gasteiger partial charge in [0.15, 0.2) is 4.34 Å². The van der Waals surface area contributed by atoms with Crippen molar-refractivity contribution in [1.29, 1.82) is 0 Å². The molecule has 0 unspecified atom stereocenters. The van der Waals surface area contributed by atoms with Crippen molar-refractivity contribution in [2.24, 2.45) is 0 Å². The van der Waals surface area contributed by atoms with Crippen molar-refractivity contribution in [2.75, 3.05) is 16.2 Å². The number of sulfonamides is 1. The summed E-state index contributed by atoms with van der Waals surface area (Å²) < 4.78 is 34.9. The Labute approximate surface area is 224 Å². The number of amides is 1. The second-order valence-electron chi connectivity index (χ2n) is 8.32. The Bertz CT molecular complexity index is 1440. The van der Waals surface area contributed by atoms with Gasteiger partial charge in [0.2, 0.25) is 11.0 Å². The van der Waals surface area contributed by atoms with Crippen LogP contribution < -0.4 is 14.4 Å². The summed E-state index contributed by atoms with van der Waals surface area (Å²) in [6.45, 7) is 5.50. The van der Waals surface area contributed by atoms with E-state index < -0.39 is 22.5 Å². The molecule has 0 aliphatic carbocycles. The van der Waals surface area contributed by atoms with Gasteiger partial charge in [0, 0.05) is 5.25 Å². The fourth-order valence-corrected chi connectivity index (χ4v) is 6.67. The molecule has 1 N–H and O–H groups in total. The summed E-state index contributed by atoms with van der Waals surface area (Å²) in [5.74, 6) is 0.666. The van der Waals surface area contributed by atoms with E-state index in [-0.39, 0.29) is 4.90 Å². The molecule has 0 saturated carbocycles. The molecule has 3 aromatic carbocycles. The lowest BCUT2D eigenvalue weighted by atomic mass is 10.2. The molecule has 4 aromatic rings. The lowest BCUT2D eigenvalue weighted by Gasteiger charge is -2.24. The monoisotopic (exact) mass is 554 g/mol. The Hall–Kier alpha value is -3.41. The largest absolute Gasteiger partial charge is 0.457 e. The number of hydrogen-bond acceptors (Lipinski definition) is 8. The Morgan fingerprint density at radius 1 is 0.973 bits per heavy atom.